The van der Waals surface area contributed by atoms with Crippen LogP contribution in [0.4, 0.5) is 5.69 Å². The number of rotatable bonds is 4. The maximum atomic E-state index is 12.7. The van der Waals surface area contributed by atoms with Gasteiger partial charge in [-0.2, -0.15) is 0 Å². The lowest BCUT2D eigenvalue weighted by molar-refractivity contribution is 0.0982. The first-order valence-corrected chi connectivity index (χ1v) is 10.7. The average molecular weight is 477 g/mol. The van der Waals surface area contributed by atoms with Gasteiger partial charge in [-0.25, -0.2) is 0 Å². The van der Waals surface area contributed by atoms with Crippen LogP contribution in [0.3, 0.4) is 0 Å². The van der Waals surface area contributed by atoms with Gasteiger partial charge in [0.1, 0.15) is 23.0 Å². The second kappa shape index (κ2) is 8.75. The summed E-state index contributed by atoms with van der Waals surface area (Å²) >= 11 is 18.9. The van der Waals surface area contributed by atoms with Crippen molar-refractivity contribution >= 4 is 73.5 Å². The van der Waals surface area contributed by atoms with Gasteiger partial charge in [0.15, 0.2) is 5.11 Å². The molecular weight excluding hydrogens is 463 g/mol. The molecule has 0 saturated heterocycles. The molecule has 0 aliphatic heterocycles. The van der Waals surface area contributed by atoms with E-state index in [1.807, 2.05) is 24.3 Å². The maximum absolute atomic E-state index is 12.7. The van der Waals surface area contributed by atoms with Gasteiger partial charge in [-0.1, -0.05) is 41.4 Å². The lowest BCUT2D eigenvalue weighted by Crippen LogP contribution is -2.33. The van der Waals surface area contributed by atoms with Crippen molar-refractivity contribution in [3.8, 4) is 11.3 Å². The summed E-state index contributed by atoms with van der Waals surface area (Å²) in [5.74, 6) is 0.700. The summed E-state index contributed by atoms with van der Waals surface area (Å²) in [5.41, 5.74) is 1.48. The number of carbonyl (C=O) groups is 1. The van der Waals surface area contributed by atoms with E-state index in [2.05, 4.69) is 10.6 Å². The second-order valence-corrected chi connectivity index (χ2v) is 8.57. The fraction of sp³-hybridized carbons (Fsp3) is 0.0476. The molecule has 0 bridgehead atoms. The molecule has 3 N–H and O–H groups in total. The van der Waals surface area contributed by atoms with E-state index in [4.69, 9.17) is 44.9 Å². The van der Waals surface area contributed by atoms with Crippen molar-refractivity contribution in [3.63, 3.8) is 0 Å². The predicted octanol–water partition coefficient (Wildman–Crippen LogP) is 6.09. The van der Waals surface area contributed by atoms with Crippen molar-refractivity contribution in [1.29, 1.82) is 0 Å². The Morgan fingerprint density at radius 2 is 1.97 bits per heavy atom. The van der Waals surface area contributed by atoms with Crippen molar-refractivity contribution in [2.24, 2.45) is 0 Å². The maximum Gasteiger partial charge on any atom is 0.269 e. The first-order chi connectivity index (χ1) is 14.4. The highest BCUT2D eigenvalue weighted by molar-refractivity contribution is 7.80. The summed E-state index contributed by atoms with van der Waals surface area (Å²) in [5, 5.41) is 16.6. The molecule has 152 valence electrons. The van der Waals surface area contributed by atoms with Crippen molar-refractivity contribution in [2.75, 3.05) is 5.32 Å². The van der Waals surface area contributed by atoms with Crippen LogP contribution < -0.4 is 10.6 Å². The van der Waals surface area contributed by atoms with Gasteiger partial charge in [0, 0.05) is 26.4 Å². The first-order valence-electron chi connectivity index (χ1n) is 8.74. The molecule has 4 aromatic rings. The Balaban J connectivity index is 1.48. The Hall–Kier alpha value is -2.42. The number of anilines is 1. The van der Waals surface area contributed by atoms with Gasteiger partial charge < -0.3 is 14.8 Å². The Morgan fingerprint density at radius 3 is 2.73 bits per heavy atom. The fourth-order valence-corrected chi connectivity index (χ4v) is 4.77. The van der Waals surface area contributed by atoms with Crippen molar-refractivity contribution in [1.82, 2.24) is 5.32 Å². The van der Waals surface area contributed by atoms with Crippen LogP contribution in [0.2, 0.25) is 10.0 Å². The van der Waals surface area contributed by atoms with Gasteiger partial charge in [0.2, 0.25) is 0 Å². The number of furan rings is 1. The Bertz CT molecular complexity index is 1270. The standard InChI is InChI=1S/C21H14Cl2N2O3S2/c22-12-4-6-15-17(9-12)30-19(18(15)23)20(27)25-21(29)24-13-3-1-2-11(8-13)16-7-5-14(10-26)28-16/h1-9,26H,10H2,(H2,24,25,27,29). The molecule has 1 amide bonds. The number of thiocarbonyl (C=S) groups is 1. The summed E-state index contributed by atoms with van der Waals surface area (Å²) < 4.78 is 6.37. The molecular formula is C21H14Cl2N2O3S2. The van der Waals surface area contributed by atoms with E-state index in [0.29, 0.717) is 32.1 Å². The minimum atomic E-state index is -0.399. The molecule has 0 radical (unpaired) electrons. The Labute approximate surface area is 191 Å². The van der Waals surface area contributed by atoms with Crippen LogP contribution in [-0.4, -0.2) is 16.1 Å². The SMILES string of the molecule is O=C(NC(=S)Nc1cccc(-c2ccc(CO)o2)c1)c1sc2cc(Cl)ccc2c1Cl. The van der Waals surface area contributed by atoms with E-state index in [9.17, 15) is 4.79 Å². The predicted molar refractivity (Wildman–Crippen MR) is 126 cm³/mol. The van der Waals surface area contributed by atoms with Gasteiger partial charge in [0.25, 0.3) is 5.91 Å². The van der Waals surface area contributed by atoms with Crippen LogP contribution in [0.15, 0.2) is 59.0 Å². The molecule has 2 aromatic heterocycles. The van der Waals surface area contributed by atoms with Gasteiger partial charge >= 0.3 is 0 Å². The van der Waals surface area contributed by atoms with E-state index < -0.39 is 5.91 Å². The van der Waals surface area contributed by atoms with Gasteiger partial charge in [-0.15, -0.1) is 11.3 Å². The first kappa shape index (κ1) is 20.8. The molecule has 0 atom stereocenters. The van der Waals surface area contributed by atoms with Crippen LogP contribution in [-0.2, 0) is 6.61 Å². The van der Waals surface area contributed by atoms with Crippen LogP contribution in [0, 0.1) is 0 Å². The highest BCUT2D eigenvalue weighted by Gasteiger charge is 2.18. The minimum Gasteiger partial charge on any atom is -0.459 e. The number of carbonyl (C=O) groups excluding carboxylic acids is 1. The number of aliphatic hydroxyl groups excluding tert-OH is 1. The summed E-state index contributed by atoms with van der Waals surface area (Å²) in [6.45, 7) is -0.166. The number of halogens is 2. The van der Waals surface area contributed by atoms with E-state index in [1.165, 1.54) is 11.3 Å². The fourth-order valence-electron chi connectivity index (χ4n) is 2.88. The largest absolute Gasteiger partial charge is 0.459 e. The van der Waals surface area contributed by atoms with E-state index >= 15 is 0 Å². The van der Waals surface area contributed by atoms with Crippen LogP contribution in [0.5, 0.6) is 0 Å². The van der Waals surface area contributed by atoms with Crippen molar-refractivity contribution in [2.45, 2.75) is 6.61 Å². The lowest BCUT2D eigenvalue weighted by atomic mass is 10.1. The zero-order valence-electron chi connectivity index (χ0n) is 15.2. The molecule has 2 aromatic carbocycles. The molecule has 0 aliphatic rings. The van der Waals surface area contributed by atoms with Gasteiger partial charge in [-0.05, 0) is 48.6 Å². The third kappa shape index (κ3) is 4.35. The quantitative estimate of drug-likeness (QED) is 0.311. The summed E-state index contributed by atoms with van der Waals surface area (Å²) in [4.78, 5) is 13.0. The molecule has 0 fully saturated rings. The molecule has 4 rings (SSSR count). The molecule has 2 heterocycles. The summed E-state index contributed by atoms with van der Waals surface area (Å²) in [6.07, 6.45) is 0. The van der Waals surface area contributed by atoms with Gasteiger partial charge in [0.05, 0.1) is 5.02 Å². The lowest BCUT2D eigenvalue weighted by Gasteiger charge is -2.10. The average Bonchev–Trinajstić information content (AvgIpc) is 3.33. The zero-order valence-corrected chi connectivity index (χ0v) is 18.4. The van der Waals surface area contributed by atoms with Crippen LogP contribution >= 0.6 is 46.8 Å². The number of fused-ring (bicyclic) bond motifs is 1. The number of amides is 1. The molecule has 0 saturated carbocycles. The van der Waals surface area contributed by atoms with Crippen molar-refractivity contribution in [3.05, 3.63) is 75.3 Å². The number of hydrogen-bond donors (Lipinski definition) is 3. The molecule has 0 aliphatic carbocycles. The smallest absolute Gasteiger partial charge is 0.269 e. The Morgan fingerprint density at radius 1 is 1.13 bits per heavy atom. The molecule has 5 nitrogen and oxygen atoms in total. The normalized spacial score (nSPS) is 10.9. The third-order valence-corrected chi connectivity index (χ3v) is 6.34. The topological polar surface area (TPSA) is 74.5 Å². The number of nitrogens with one attached hydrogen (secondary N) is 2. The molecule has 0 unspecified atom stereocenters. The molecule has 0 spiro atoms. The third-order valence-electron chi connectivity index (χ3n) is 4.25. The highest BCUT2D eigenvalue weighted by Crippen LogP contribution is 2.36. The molecule has 9 heteroatoms. The Kier molecular flexibility index (Phi) is 6.08. The summed E-state index contributed by atoms with van der Waals surface area (Å²) in [6, 6.07) is 16.1. The number of aliphatic hydroxyl groups is 1. The second-order valence-electron chi connectivity index (χ2n) is 6.30. The van der Waals surface area contributed by atoms with E-state index in [1.54, 1.807) is 30.3 Å². The van der Waals surface area contributed by atoms with E-state index in [-0.39, 0.29) is 11.7 Å². The van der Waals surface area contributed by atoms with E-state index in [0.717, 1.165) is 15.6 Å². The number of thiophene rings is 1. The zero-order chi connectivity index (χ0) is 21.3. The minimum absolute atomic E-state index is 0.138. The van der Waals surface area contributed by atoms with Crippen LogP contribution in [0.25, 0.3) is 21.4 Å². The van der Waals surface area contributed by atoms with Gasteiger partial charge in [-0.3, -0.25) is 10.1 Å². The monoisotopic (exact) mass is 476 g/mol. The highest BCUT2D eigenvalue weighted by atomic mass is 35.5. The molecule has 30 heavy (non-hydrogen) atoms. The van der Waals surface area contributed by atoms with Crippen molar-refractivity contribution < 1.29 is 14.3 Å². The number of hydrogen-bond acceptors (Lipinski definition) is 5. The summed E-state index contributed by atoms with van der Waals surface area (Å²) in [7, 11) is 0. The van der Waals surface area contributed by atoms with Crippen LogP contribution in [0.1, 0.15) is 15.4 Å². The number of benzene rings is 2.